The van der Waals surface area contributed by atoms with Crippen molar-refractivity contribution in [3.05, 3.63) is 24.0 Å². The summed E-state index contributed by atoms with van der Waals surface area (Å²) in [6.45, 7) is -0.363. The van der Waals surface area contributed by atoms with Gasteiger partial charge in [0.05, 0.1) is 13.7 Å². The quantitative estimate of drug-likeness (QED) is 0.840. The molecule has 0 aromatic heterocycles. The molecule has 1 amide bonds. The van der Waals surface area contributed by atoms with Crippen LogP contribution in [-0.2, 0) is 14.8 Å². The van der Waals surface area contributed by atoms with Gasteiger partial charge in [-0.15, -0.1) is 0 Å². The lowest BCUT2D eigenvalue weighted by Gasteiger charge is -2.18. The molecule has 1 aromatic carbocycles. The molecule has 1 aromatic rings. The fourth-order valence-corrected chi connectivity index (χ4v) is 2.68. The Morgan fingerprint density at radius 2 is 2.11 bits per heavy atom. The molecule has 0 saturated carbocycles. The fraction of sp³-hybridized carbons (Fsp3) is 0.364. The lowest BCUT2D eigenvalue weighted by Crippen LogP contribution is -2.37. The summed E-state index contributed by atoms with van der Waals surface area (Å²) < 4.78 is 43.3. The molecule has 0 radical (unpaired) electrons. The minimum absolute atomic E-state index is 0.0187. The van der Waals surface area contributed by atoms with E-state index in [0.717, 1.165) is 16.4 Å². The lowest BCUT2D eigenvalue weighted by molar-refractivity contribution is -0.120. The van der Waals surface area contributed by atoms with Crippen LogP contribution in [0.1, 0.15) is 0 Å². The van der Waals surface area contributed by atoms with Gasteiger partial charge in [-0.1, -0.05) is 0 Å². The van der Waals surface area contributed by atoms with Gasteiger partial charge in [0.15, 0.2) is 0 Å². The molecule has 1 N–H and O–H groups in total. The lowest BCUT2D eigenvalue weighted by atomic mass is 10.3. The minimum Gasteiger partial charge on any atom is -0.495 e. The summed E-state index contributed by atoms with van der Waals surface area (Å²) in [7, 11) is -0.0937. The van der Waals surface area contributed by atoms with Crippen molar-refractivity contribution < 1.29 is 22.3 Å². The molecule has 0 aliphatic carbocycles. The van der Waals surface area contributed by atoms with Gasteiger partial charge in [0.25, 0.3) is 0 Å². The molecule has 0 heterocycles. The second-order valence-electron chi connectivity index (χ2n) is 3.73. The molecule has 0 bridgehead atoms. The summed E-state index contributed by atoms with van der Waals surface area (Å²) in [6, 6.07) is 3.17. The van der Waals surface area contributed by atoms with Gasteiger partial charge < -0.3 is 10.1 Å². The van der Waals surface area contributed by atoms with Crippen LogP contribution in [0.15, 0.2) is 23.1 Å². The van der Waals surface area contributed by atoms with Gasteiger partial charge in [0, 0.05) is 14.1 Å². The van der Waals surface area contributed by atoms with Gasteiger partial charge in [-0.2, -0.15) is 4.31 Å². The predicted octanol–water partition coefficient (Wildman–Crippen LogP) is 0.201. The van der Waals surface area contributed by atoms with Gasteiger partial charge in [-0.3, -0.25) is 4.79 Å². The van der Waals surface area contributed by atoms with Gasteiger partial charge in [0.2, 0.25) is 15.9 Å². The Labute approximate surface area is 111 Å². The first-order chi connectivity index (χ1) is 8.82. The highest BCUT2D eigenvalue weighted by Gasteiger charge is 2.26. The van der Waals surface area contributed by atoms with Crippen LogP contribution in [0, 0.1) is 5.82 Å². The van der Waals surface area contributed by atoms with Gasteiger partial charge in [0.1, 0.15) is 16.5 Å². The normalized spacial score (nSPS) is 11.4. The van der Waals surface area contributed by atoms with Crippen LogP contribution >= 0.6 is 0 Å². The van der Waals surface area contributed by atoms with Crippen molar-refractivity contribution in [2.45, 2.75) is 4.90 Å². The van der Waals surface area contributed by atoms with E-state index in [9.17, 15) is 17.6 Å². The van der Waals surface area contributed by atoms with Crippen LogP contribution in [-0.4, -0.2) is 46.4 Å². The van der Waals surface area contributed by atoms with E-state index in [2.05, 4.69) is 5.32 Å². The maximum Gasteiger partial charge on any atom is 0.247 e. The van der Waals surface area contributed by atoms with E-state index in [1.165, 1.54) is 27.3 Å². The van der Waals surface area contributed by atoms with Crippen LogP contribution in [0.3, 0.4) is 0 Å². The molecule has 0 fully saturated rings. The van der Waals surface area contributed by atoms with Crippen LogP contribution < -0.4 is 10.1 Å². The number of hydrogen-bond acceptors (Lipinski definition) is 4. The Bertz CT molecular complexity index is 574. The van der Waals surface area contributed by atoms with Crippen molar-refractivity contribution in [1.29, 1.82) is 0 Å². The summed E-state index contributed by atoms with van der Waals surface area (Å²) in [4.78, 5) is 10.9. The number of halogens is 1. The summed E-state index contributed by atoms with van der Waals surface area (Å²) in [5, 5.41) is 2.31. The molecule has 1 rings (SSSR count). The number of nitrogens with one attached hydrogen (secondary N) is 1. The highest BCUT2D eigenvalue weighted by molar-refractivity contribution is 7.89. The van der Waals surface area contributed by atoms with Crippen LogP contribution in [0.4, 0.5) is 4.39 Å². The molecule has 0 atom stereocenters. The van der Waals surface area contributed by atoms with E-state index in [4.69, 9.17) is 4.74 Å². The van der Waals surface area contributed by atoms with Crippen molar-refractivity contribution >= 4 is 15.9 Å². The monoisotopic (exact) mass is 290 g/mol. The average molecular weight is 290 g/mol. The zero-order chi connectivity index (χ0) is 14.6. The number of ether oxygens (including phenoxy) is 1. The Morgan fingerprint density at radius 1 is 1.47 bits per heavy atom. The first kappa shape index (κ1) is 15.4. The molecule has 0 aliphatic rings. The Hall–Kier alpha value is -1.67. The Kier molecular flexibility index (Phi) is 4.84. The van der Waals surface area contributed by atoms with E-state index in [1.54, 1.807) is 0 Å². The van der Waals surface area contributed by atoms with Crippen LogP contribution in [0.2, 0.25) is 0 Å². The number of carbonyl (C=O) groups is 1. The minimum atomic E-state index is -4.00. The second kappa shape index (κ2) is 5.98. The molecule has 0 spiro atoms. The Morgan fingerprint density at radius 3 is 2.63 bits per heavy atom. The first-order valence-electron chi connectivity index (χ1n) is 5.33. The molecule has 19 heavy (non-hydrogen) atoms. The summed E-state index contributed by atoms with van der Waals surface area (Å²) in [5.41, 5.74) is 0. The molecular weight excluding hydrogens is 275 g/mol. The zero-order valence-corrected chi connectivity index (χ0v) is 11.6. The van der Waals surface area contributed by atoms with Gasteiger partial charge >= 0.3 is 0 Å². The van der Waals surface area contributed by atoms with E-state index >= 15 is 0 Å². The largest absolute Gasteiger partial charge is 0.495 e. The van der Waals surface area contributed by atoms with Crippen LogP contribution in [0.5, 0.6) is 5.75 Å². The zero-order valence-electron chi connectivity index (χ0n) is 10.8. The predicted molar refractivity (Wildman–Crippen MR) is 66.8 cm³/mol. The average Bonchev–Trinajstić information content (AvgIpc) is 2.38. The smallest absolute Gasteiger partial charge is 0.247 e. The number of rotatable bonds is 5. The summed E-state index contributed by atoms with van der Waals surface area (Å²) in [6.07, 6.45) is 0. The molecule has 0 unspecified atom stereocenters. The molecule has 106 valence electrons. The number of likely N-dealkylation sites (N-methyl/N-ethyl adjacent to an activating group) is 2. The molecule has 0 aliphatic heterocycles. The van der Waals surface area contributed by atoms with E-state index in [1.807, 2.05) is 0 Å². The maximum atomic E-state index is 13.2. The highest BCUT2D eigenvalue weighted by atomic mass is 32.2. The number of carbonyl (C=O) groups excluding carboxylic acids is 1. The third-order valence-corrected chi connectivity index (χ3v) is 4.28. The standard InChI is InChI=1S/C11H15FN2O4S/c1-13-11(15)7-14(2)19(16,17)10-6-8(12)4-5-9(10)18-3/h4-6H,7H2,1-3H3,(H,13,15). The molecule has 8 heteroatoms. The topological polar surface area (TPSA) is 75.7 Å². The van der Waals surface area contributed by atoms with Crippen molar-refractivity contribution in [3.8, 4) is 5.75 Å². The third-order valence-electron chi connectivity index (χ3n) is 2.46. The molecule has 0 saturated heterocycles. The van der Waals surface area contributed by atoms with E-state index < -0.39 is 21.7 Å². The van der Waals surface area contributed by atoms with Gasteiger partial charge in [-0.05, 0) is 18.2 Å². The first-order valence-corrected chi connectivity index (χ1v) is 6.77. The van der Waals surface area contributed by atoms with Crippen LogP contribution in [0.25, 0.3) is 0 Å². The number of amides is 1. The molecular formula is C11H15FN2O4S. The summed E-state index contributed by atoms with van der Waals surface area (Å²) >= 11 is 0. The van der Waals surface area contributed by atoms with Gasteiger partial charge in [-0.25, -0.2) is 12.8 Å². The number of hydrogen-bond donors (Lipinski definition) is 1. The highest BCUT2D eigenvalue weighted by Crippen LogP contribution is 2.26. The van der Waals surface area contributed by atoms with Crippen molar-refractivity contribution in [3.63, 3.8) is 0 Å². The number of methoxy groups -OCH3 is 1. The molecule has 6 nitrogen and oxygen atoms in total. The van der Waals surface area contributed by atoms with Crippen molar-refractivity contribution in [2.75, 3.05) is 27.7 Å². The SMILES string of the molecule is CNC(=O)CN(C)S(=O)(=O)c1cc(F)ccc1OC. The summed E-state index contributed by atoms with van der Waals surface area (Å²) in [5.74, 6) is -1.15. The fourth-order valence-electron chi connectivity index (χ4n) is 1.39. The maximum absolute atomic E-state index is 13.2. The second-order valence-corrected chi connectivity index (χ2v) is 5.74. The van der Waals surface area contributed by atoms with Crippen molar-refractivity contribution in [2.24, 2.45) is 0 Å². The number of sulfonamides is 1. The number of nitrogens with zero attached hydrogens (tertiary/aromatic N) is 1. The van der Waals surface area contributed by atoms with E-state index in [-0.39, 0.29) is 17.2 Å². The van der Waals surface area contributed by atoms with E-state index in [0.29, 0.717) is 0 Å². The van der Waals surface area contributed by atoms with Crippen molar-refractivity contribution in [1.82, 2.24) is 9.62 Å². The Balaban J connectivity index is 3.19. The number of benzene rings is 1. The third kappa shape index (κ3) is 3.42.